The highest BCUT2D eigenvalue weighted by molar-refractivity contribution is 5.89. The Labute approximate surface area is 116 Å². The Morgan fingerprint density at radius 3 is 2.25 bits per heavy atom. The van der Waals surface area contributed by atoms with Crippen LogP contribution < -0.4 is 4.74 Å². The molecular formula is C16H14O4. The second-order valence-electron chi connectivity index (χ2n) is 4.18. The maximum absolute atomic E-state index is 10.5. The van der Waals surface area contributed by atoms with E-state index in [9.17, 15) is 4.79 Å². The third kappa shape index (κ3) is 3.88. The largest absolute Gasteiger partial charge is 0.502 e. The first-order valence-electron chi connectivity index (χ1n) is 6.06. The van der Waals surface area contributed by atoms with Crippen molar-refractivity contribution in [1.29, 1.82) is 0 Å². The first-order chi connectivity index (χ1) is 9.65. The maximum atomic E-state index is 10.5. The normalized spacial score (nSPS) is 11.1. The molecule has 2 N–H and O–H groups in total. The molecule has 4 nitrogen and oxygen atoms in total. The van der Waals surface area contributed by atoms with Gasteiger partial charge in [-0.3, -0.25) is 0 Å². The molecule has 0 saturated carbocycles. The molecule has 0 aliphatic heterocycles. The minimum atomic E-state index is -1.35. The lowest BCUT2D eigenvalue weighted by Gasteiger charge is -2.06. The van der Waals surface area contributed by atoms with Crippen molar-refractivity contribution in [2.75, 3.05) is 0 Å². The highest BCUT2D eigenvalue weighted by Crippen LogP contribution is 2.15. The van der Waals surface area contributed by atoms with Crippen molar-refractivity contribution >= 4 is 12.0 Å². The summed E-state index contributed by atoms with van der Waals surface area (Å²) in [6.07, 6.45) is 1.18. The molecule has 20 heavy (non-hydrogen) atoms. The molecule has 2 aromatic carbocycles. The van der Waals surface area contributed by atoms with E-state index in [1.807, 2.05) is 30.3 Å². The summed E-state index contributed by atoms with van der Waals surface area (Å²) in [5.41, 5.74) is 1.66. The third-order valence-electron chi connectivity index (χ3n) is 2.65. The molecule has 0 saturated heterocycles. The smallest absolute Gasteiger partial charge is 0.370 e. The fourth-order valence-electron chi connectivity index (χ4n) is 1.62. The van der Waals surface area contributed by atoms with Gasteiger partial charge in [0.15, 0.2) is 0 Å². The number of hydrogen-bond donors (Lipinski definition) is 2. The van der Waals surface area contributed by atoms with Crippen LogP contribution in [0.5, 0.6) is 5.75 Å². The summed E-state index contributed by atoms with van der Waals surface area (Å²) in [5, 5.41) is 17.7. The first kappa shape index (κ1) is 13.7. The number of carbonyl (C=O) groups is 1. The zero-order chi connectivity index (χ0) is 14.4. The van der Waals surface area contributed by atoms with Gasteiger partial charge in [-0.05, 0) is 29.3 Å². The molecule has 0 atom stereocenters. The predicted octanol–water partition coefficient (Wildman–Crippen LogP) is 3.25. The summed E-state index contributed by atoms with van der Waals surface area (Å²) in [5.74, 6) is -1.36. The Bertz CT molecular complexity index is 600. The topological polar surface area (TPSA) is 66.8 Å². The Kier molecular flexibility index (Phi) is 4.39. The fourth-order valence-corrected chi connectivity index (χ4v) is 1.62. The molecule has 102 valence electrons. The van der Waals surface area contributed by atoms with Crippen LogP contribution in [0.2, 0.25) is 0 Å². The van der Waals surface area contributed by atoms with Crippen LogP contribution in [0.25, 0.3) is 6.08 Å². The van der Waals surface area contributed by atoms with Crippen LogP contribution in [0.15, 0.2) is 60.4 Å². The van der Waals surface area contributed by atoms with Crippen LogP contribution in [0.1, 0.15) is 11.1 Å². The molecule has 0 aliphatic rings. The molecule has 0 bridgehead atoms. The van der Waals surface area contributed by atoms with Gasteiger partial charge in [0.05, 0.1) is 0 Å². The molecule has 0 aromatic heterocycles. The average Bonchev–Trinajstić information content (AvgIpc) is 2.47. The molecule has 4 heteroatoms. The third-order valence-corrected chi connectivity index (χ3v) is 2.65. The first-order valence-corrected chi connectivity index (χ1v) is 6.06. The van der Waals surface area contributed by atoms with Gasteiger partial charge in [0.1, 0.15) is 12.4 Å². The van der Waals surface area contributed by atoms with Crippen molar-refractivity contribution in [3.63, 3.8) is 0 Å². The minimum Gasteiger partial charge on any atom is -0.502 e. The van der Waals surface area contributed by atoms with Gasteiger partial charge in [-0.25, -0.2) is 4.79 Å². The minimum absolute atomic E-state index is 0.469. The van der Waals surface area contributed by atoms with Crippen LogP contribution in [0.4, 0.5) is 0 Å². The van der Waals surface area contributed by atoms with Gasteiger partial charge in [-0.15, -0.1) is 0 Å². The number of benzene rings is 2. The molecule has 0 aliphatic carbocycles. The fraction of sp³-hybridized carbons (Fsp3) is 0.0625. The van der Waals surface area contributed by atoms with Crippen molar-refractivity contribution in [2.45, 2.75) is 6.61 Å². The van der Waals surface area contributed by atoms with Gasteiger partial charge in [0.25, 0.3) is 0 Å². The summed E-state index contributed by atoms with van der Waals surface area (Å²) in [6.45, 7) is 0.469. The van der Waals surface area contributed by atoms with E-state index in [1.165, 1.54) is 6.08 Å². The average molecular weight is 270 g/mol. The molecule has 0 radical (unpaired) electrons. The molecule has 0 unspecified atom stereocenters. The van der Waals surface area contributed by atoms with Gasteiger partial charge in [-0.1, -0.05) is 42.5 Å². The lowest BCUT2D eigenvalue weighted by atomic mass is 10.2. The number of carboxylic acids is 1. The highest BCUT2D eigenvalue weighted by Gasteiger charge is 2.03. The summed E-state index contributed by atoms with van der Waals surface area (Å²) >= 11 is 0. The SMILES string of the molecule is O=C(O)/C(O)=C/c1ccc(OCc2ccccc2)cc1. The molecular weight excluding hydrogens is 256 g/mol. The molecule has 2 aromatic rings. The number of carboxylic acid groups (broad SMARTS) is 1. The molecule has 0 amide bonds. The number of aliphatic carboxylic acids is 1. The van der Waals surface area contributed by atoms with Crippen LogP contribution in [-0.2, 0) is 11.4 Å². The molecule has 2 rings (SSSR count). The van der Waals surface area contributed by atoms with Crippen molar-refractivity contribution in [2.24, 2.45) is 0 Å². The second kappa shape index (κ2) is 6.43. The number of aliphatic hydroxyl groups excluding tert-OH is 1. The summed E-state index contributed by atoms with van der Waals surface area (Å²) in [7, 11) is 0. The van der Waals surface area contributed by atoms with E-state index in [2.05, 4.69) is 0 Å². The number of ether oxygens (including phenoxy) is 1. The van der Waals surface area contributed by atoms with Crippen molar-refractivity contribution in [3.8, 4) is 5.75 Å². The van der Waals surface area contributed by atoms with E-state index in [0.717, 1.165) is 5.56 Å². The van der Waals surface area contributed by atoms with Crippen LogP contribution in [0.3, 0.4) is 0 Å². The number of aliphatic hydroxyl groups is 1. The Balaban J connectivity index is 1.98. The van der Waals surface area contributed by atoms with Gasteiger partial charge in [0.2, 0.25) is 5.76 Å². The monoisotopic (exact) mass is 270 g/mol. The highest BCUT2D eigenvalue weighted by atomic mass is 16.5. The standard InChI is InChI=1S/C16H14O4/c17-15(16(18)19)10-12-6-8-14(9-7-12)20-11-13-4-2-1-3-5-13/h1-10,17H,11H2,(H,18,19)/b15-10-. The van der Waals surface area contributed by atoms with E-state index in [-0.39, 0.29) is 0 Å². The second-order valence-corrected chi connectivity index (χ2v) is 4.18. The quantitative estimate of drug-likeness (QED) is 0.646. The van der Waals surface area contributed by atoms with Crippen LogP contribution in [0, 0.1) is 0 Å². The van der Waals surface area contributed by atoms with Gasteiger partial charge >= 0.3 is 5.97 Å². The number of hydrogen-bond acceptors (Lipinski definition) is 3. The van der Waals surface area contributed by atoms with Gasteiger partial charge < -0.3 is 14.9 Å². The van der Waals surface area contributed by atoms with Crippen LogP contribution in [-0.4, -0.2) is 16.2 Å². The summed E-state index contributed by atoms with van der Waals surface area (Å²) < 4.78 is 5.60. The Morgan fingerprint density at radius 2 is 1.65 bits per heavy atom. The van der Waals surface area contributed by atoms with Gasteiger partial charge in [0, 0.05) is 0 Å². The van der Waals surface area contributed by atoms with E-state index < -0.39 is 11.7 Å². The maximum Gasteiger partial charge on any atom is 0.370 e. The van der Waals surface area contributed by atoms with Crippen LogP contribution >= 0.6 is 0 Å². The zero-order valence-electron chi connectivity index (χ0n) is 10.7. The zero-order valence-corrected chi connectivity index (χ0v) is 10.7. The van der Waals surface area contributed by atoms with Crippen molar-refractivity contribution in [3.05, 3.63) is 71.5 Å². The van der Waals surface area contributed by atoms with Gasteiger partial charge in [-0.2, -0.15) is 0 Å². The molecule has 0 spiro atoms. The van der Waals surface area contributed by atoms with E-state index in [4.69, 9.17) is 14.9 Å². The lowest BCUT2D eigenvalue weighted by Crippen LogP contribution is -1.98. The molecule has 0 heterocycles. The summed E-state index contributed by atoms with van der Waals surface area (Å²) in [6, 6.07) is 16.6. The summed E-state index contributed by atoms with van der Waals surface area (Å²) in [4.78, 5) is 10.5. The number of rotatable bonds is 5. The van der Waals surface area contributed by atoms with Crippen molar-refractivity contribution < 1.29 is 19.7 Å². The van der Waals surface area contributed by atoms with E-state index in [0.29, 0.717) is 17.9 Å². The Morgan fingerprint density at radius 1 is 1.00 bits per heavy atom. The molecule has 0 fully saturated rings. The van der Waals surface area contributed by atoms with E-state index >= 15 is 0 Å². The lowest BCUT2D eigenvalue weighted by molar-refractivity contribution is -0.135. The Hall–Kier alpha value is -2.75. The van der Waals surface area contributed by atoms with Crippen molar-refractivity contribution in [1.82, 2.24) is 0 Å². The van der Waals surface area contributed by atoms with E-state index in [1.54, 1.807) is 24.3 Å². The predicted molar refractivity (Wildman–Crippen MR) is 75.5 cm³/mol.